The minimum absolute atomic E-state index is 0.314. The second-order valence-electron chi connectivity index (χ2n) is 5.14. The van der Waals surface area contributed by atoms with Crippen LogP contribution in [0.4, 0.5) is 13.2 Å². The number of halogens is 5. The number of fused-ring (bicyclic) bond motifs is 1. The lowest BCUT2D eigenvalue weighted by Crippen LogP contribution is -2.08. The molecule has 0 fully saturated rings. The van der Waals surface area contributed by atoms with Crippen LogP contribution in [0.3, 0.4) is 0 Å². The van der Waals surface area contributed by atoms with Gasteiger partial charge in [0.05, 0.1) is 5.02 Å². The number of benzene rings is 1. The molecule has 0 unspecified atom stereocenters. The van der Waals surface area contributed by atoms with Crippen LogP contribution in [-0.4, -0.2) is 9.97 Å². The molecule has 0 amide bonds. The number of pyridine rings is 1. The van der Waals surface area contributed by atoms with E-state index in [9.17, 15) is 13.2 Å². The Morgan fingerprint density at radius 1 is 1.26 bits per heavy atom. The summed E-state index contributed by atoms with van der Waals surface area (Å²) in [5, 5.41) is 1.51. The van der Waals surface area contributed by atoms with Crippen LogP contribution in [0.15, 0.2) is 24.3 Å². The summed E-state index contributed by atoms with van der Waals surface area (Å²) in [6.07, 6.45) is -4.12. The van der Waals surface area contributed by atoms with Crippen LogP contribution in [0.1, 0.15) is 22.6 Å². The van der Waals surface area contributed by atoms with Crippen LogP contribution in [0.25, 0.3) is 10.9 Å². The summed E-state index contributed by atoms with van der Waals surface area (Å²) >= 11 is 12.2. The summed E-state index contributed by atoms with van der Waals surface area (Å²) < 4.78 is 38.5. The van der Waals surface area contributed by atoms with E-state index in [4.69, 9.17) is 23.2 Å². The molecule has 23 heavy (non-hydrogen) atoms. The Labute approximate surface area is 140 Å². The highest BCUT2D eigenvalue weighted by Gasteiger charge is 2.33. The van der Waals surface area contributed by atoms with Gasteiger partial charge in [-0.25, -0.2) is 4.98 Å². The largest absolute Gasteiger partial charge is 0.433 e. The fraction of sp³-hybridized carbons (Fsp3) is 0.188. The van der Waals surface area contributed by atoms with Gasteiger partial charge >= 0.3 is 6.18 Å². The number of aromatic amines is 1. The van der Waals surface area contributed by atoms with Crippen molar-refractivity contribution in [2.75, 3.05) is 0 Å². The van der Waals surface area contributed by atoms with Gasteiger partial charge in [0.25, 0.3) is 0 Å². The van der Waals surface area contributed by atoms with Crippen molar-refractivity contribution < 1.29 is 13.2 Å². The first-order chi connectivity index (χ1) is 10.8. The third-order valence-corrected chi connectivity index (χ3v) is 4.20. The summed E-state index contributed by atoms with van der Waals surface area (Å²) in [7, 11) is 0. The zero-order valence-electron chi connectivity index (χ0n) is 11.9. The number of rotatable bonds is 2. The second kappa shape index (κ2) is 5.73. The second-order valence-corrected chi connectivity index (χ2v) is 5.93. The van der Waals surface area contributed by atoms with E-state index in [2.05, 4.69) is 16.0 Å². The normalized spacial score (nSPS) is 12.1. The Balaban J connectivity index is 2.05. The van der Waals surface area contributed by atoms with Crippen LogP contribution in [0, 0.1) is 13.0 Å². The number of alkyl halides is 3. The quantitative estimate of drug-likeness (QED) is 0.636. The van der Waals surface area contributed by atoms with Crippen molar-refractivity contribution in [3.63, 3.8) is 0 Å². The highest BCUT2D eigenvalue weighted by atomic mass is 35.5. The number of aryl methyl sites for hydroxylation is 1. The summed E-state index contributed by atoms with van der Waals surface area (Å²) in [6.45, 7) is 1.55. The number of hydrogen-bond donors (Lipinski definition) is 1. The summed E-state index contributed by atoms with van der Waals surface area (Å²) in [6, 6.07) is 8.89. The molecule has 0 saturated carbocycles. The molecule has 2 nitrogen and oxygen atoms in total. The molecule has 2 heterocycles. The maximum Gasteiger partial charge on any atom is 0.433 e. The van der Waals surface area contributed by atoms with Crippen LogP contribution < -0.4 is 0 Å². The van der Waals surface area contributed by atoms with Gasteiger partial charge in [0.15, 0.2) is 0 Å². The van der Waals surface area contributed by atoms with E-state index in [-0.39, 0.29) is 0 Å². The molecule has 1 radical (unpaired) electrons. The highest BCUT2D eigenvalue weighted by Crippen LogP contribution is 2.32. The summed E-state index contributed by atoms with van der Waals surface area (Å²) in [5.41, 5.74) is 1.15. The number of nitrogens with one attached hydrogen (secondary N) is 1. The van der Waals surface area contributed by atoms with Gasteiger partial charge in [0.1, 0.15) is 5.69 Å². The van der Waals surface area contributed by atoms with E-state index >= 15 is 0 Å². The van der Waals surface area contributed by atoms with Crippen LogP contribution in [-0.2, 0) is 12.6 Å². The van der Waals surface area contributed by atoms with Crippen molar-refractivity contribution in [2.24, 2.45) is 0 Å². The standard InChI is InChI=1S/C16H10Cl2F3N2/c1-8-10-5-9(6-11-12(17)3-2-4-13(11)18)23-14(10)7-15(22-8)16(19,20)21/h2-3,5,7,23H,6H2,1H3. The van der Waals surface area contributed by atoms with Crippen LogP contribution in [0.5, 0.6) is 0 Å². The van der Waals surface area contributed by atoms with E-state index < -0.39 is 11.9 Å². The van der Waals surface area contributed by atoms with Gasteiger partial charge < -0.3 is 4.98 Å². The van der Waals surface area contributed by atoms with Gasteiger partial charge in [-0.05, 0) is 30.7 Å². The molecular weight excluding hydrogens is 348 g/mol. The van der Waals surface area contributed by atoms with Gasteiger partial charge in [0, 0.05) is 39.8 Å². The number of aromatic nitrogens is 2. The Bertz CT molecular complexity index is 865. The number of H-pyrrole nitrogens is 1. The third kappa shape index (κ3) is 3.16. The lowest BCUT2D eigenvalue weighted by Gasteiger charge is -2.06. The lowest BCUT2D eigenvalue weighted by molar-refractivity contribution is -0.141. The average Bonchev–Trinajstić information content (AvgIpc) is 2.85. The SMILES string of the molecule is Cc1nc(C(F)(F)F)cc2[nH]c(Cc3c(Cl)[c]ccc3Cl)cc12. The molecule has 0 bridgehead atoms. The molecule has 1 aromatic carbocycles. The Morgan fingerprint density at radius 3 is 2.65 bits per heavy atom. The average molecular weight is 358 g/mol. The summed E-state index contributed by atoms with van der Waals surface area (Å²) in [5.74, 6) is 0. The molecule has 0 aliphatic carbocycles. The zero-order valence-corrected chi connectivity index (χ0v) is 13.4. The molecule has 0 aliphatic rings. The first kappa shape index (κ1) is 16.1. The minimum atomic E-state index is -4.48. The third-order valence-electron chi connectivity index (χ3n) is 3.51. The van der Waals surface area contributed by atoms with Crippen molar-refractivity contribution in [2.45, 2.75) is 19.5 Å². The highest BCUT2D eigenvalue weighted by molar-refractivity contribution is 6.35. The topological polar surface area (TPSA) is 28.7 Å². The van der Waals surface area contributed by atoms with Crippen molar-refractivity contribution in [1.82, 2.24) is 9.97 Å². The molecule has 0 spiro atoms. The molecule has 1 N–H and O–H groups in total. The predicted octanol–water partition coefficient (Wildman–Crippen LogP) is 5.59. The Hall–Kier alpha value is -1.72. The predicted molar refractivity (Wildman–Crippen MR) is 83.9 cm³/mol. The van der Waals surface area contributed by atoms with Crippen molar-refractivity contribution in [3.8, 4) is 0 Å². The molecule has 7 heteroatoms. The van der Waals surface area contributed by atoms with Crippen molar-refractivity contribution in [3.05, 3.63) is 63.0 Å². The monoisotopic (exact) mass is 357 g/mol. The maximum absolute atomic E-state index is 12.8. The summed E-state index contributed by atoms with van der Waals surface area (Å²) in [4.78, 5) is 6.61. The van der Waals surface area contributed by atoms with Crippen molar-refractivity contribution in [1.29, 1.82) is 0 Å². The van der Waals surface area contributed by atoms with Gasteiger partial charge in [-0.3, -0.25) is 0 Å². The first-order valence-corrected chi connectivity index (χ1v) is 7.42. The van der Waals surface area contributed by atoms with Gasteiger partial charge in [-0.2, -0.15) is 13.2 Å². The van der Waals surface area contributed by atoms with Crippen molar-refractivity contribution >= 4 is 34.1 Å². The molecule has 0 atom stereocenters. The van der Waals surface area contributed by atoms with E-state index in [1.165, 1.54) is 0 Å². The first-order valence-electron chi connectivity index (χ1n) is 6.66. The lowest BCUT2D eigenvalue weighted by atomic mass is 10.1. The Kier molecular flexibility index (Phi) is 4.02. The molecule has 3 aromatic rings. The number of nitrogens with zero attached hydrogens (tertiary/aromatic N) is 1. The molecular formula is C16H10Cl2F3N2. The minimum Gasteiger partial charge on any atom is -0.358 e. The fourth-order valence-electron chi connectivity index (χ4n) is 2.42. The van der Waals surface area contributed by atoms with Gasteiger partial charge in [0.2, 0.25) is 0 Å². The van der Waals surface area contributed by atoms with Crippen LogP contribution >= 0.6 is 23.2 Å². The molecule has 2 aromatic heterocycles. The Morgan fingerprint density at radius 2 is 2.00 bits per heavy atom. The van der Waals surface area contributed by atoms with E-state index in [0.717, 1.165) is 6.07 Å². The fourth-order valence-corrected chi connectivity index (χ4v) is 2.93. The zero-order chi connectivity index (χ0) is 16.8. The maximum atomic E-state index is 12.8. The molecule has 119 valence electrons. The van der Waals surface area contributed by atoms with Gasteiger partial charge in [-0.15, -0.1) is 0 Å². The van der Waals surface area contributed by atoms with Gasteiger partial charge in [-0.1, -0.05) is 29.3 Å². The number of hydrogen-bond acceptors (Lipinski definition) is 1. The van der Waals surface area contributed by atoms with E-state index in [0.29, 0.717) is 44.3 Å². The van der Waals surface area contributed by atoms with Crippen LogP contribution in [0.2, 0.25) is 10.0 Å². The van der Waals surface area contributed by atoms with E-state index in [1.807, 2.05) is 0 Å². The molecule has 0 saturated heterocycles. The molecule has 3 rings (SSSR count). The van der Waals surface area contributed by atoms with E-state index in [1.54, 1.807) is 25.1 Å². The molecule has 0 aliphatic heterocycles. The smallest absolute Gasteiger partial charge is 0.358 e.